The number of ether oxygens (including phenoxy) is 1. The highest BCUT2D eigenvalue weighted by Gasteiger charge is 2.44. The number of carbonyl (C=O) groups excluding carboxylic acids is 2. The molecular weight excluding hydrogens is 526 g/mol. The van der Waals surface area contributed by atoms with E-state index in [2.05, 4.69) is 46.7 Å². The highest BCUT2D eigenvalue weighted by Crippen LogP contribution is 2.40. The predicted octanol–water partition coefficient (Wildman–Crippen LogP) is 6.66. The summed E-state index contributed by atoms with van der Waals surface area (Å²) in [5.74, 6) is -0.270. The van der Waals surface area contributed by atoms with Gasteiger partial charge in [-0.15, -0.1) is 0 Å². The van der Waals surface area contributed by atoms with Crippen molar-refractivity contribution in [3.8, 4) is 0 Å². The third-order valence-electron chi connectivity index (χ3n) is 8.95. The Morgan fingerprint density at radius 2 is 1.79 bits per heavy atom. The molecule has 0 aliphatic carbocycles. The normalized spacial score (nSPS) is 19.9. The second-order valence-corrected chi connectivity index (χ2v) is 11.8. The number of nitrogens with zero attached hydrogens (tertiary/aromatic N) is 3. The molecule has 0 saturated carbocycles. The number of rotatable bonds is 9. The molecule has 0 radical (unpaired) electrons. The fourth-order valence-electron chi connectivity index (χ4n) is 6.60. The van der Waals surface area contributed by atoms with Gasteiger partial charge in [-0.1, -0.05) is 73.8 Å². The van der Waals surface area contributed by atoms with Crippen LogP contribution in [-0.4, -0.2) is 58.8 Å². The number of fused-ring (bicyclic) bond motifs is 3. The molecule has 218 valence electrons. The Balaban J connectivity index is 1.45. The highest BCUT2D eigenvalue weighted by molar-refractivity contribution is 6.22. The zero-order chi connectivity index (χ0) is 29.3. The van der Waals surface area contributed by atoms with Crippen LogP contribution in [0.5, 0.6) is 0 Å². The van der Waals surface area contributed by atoms with E-state index in [9.17, 15) is 9.59 Å². The molecule has 6 rings (SSSR count). The minimum atomic E-state index is -0.519. The maximum atomic E-state index is 13.5. The van der Waals surface area contributed by atoms with Crippen LogP contribution in [-0.2, 0) is 20.9 Å². The second kappa shape index (κ2) is 11.8. The van der Waals surface area contributed by atoms with E-state index in [4.69, 9.17) is 9.57 Å². The van der Waals surface area contributed by atoms with Gasteiger partial charge in [-0.2, -0.15) is 0 Å². The summed E-state index contributed by atoms with van der Waals surface area (Å²) in [7, 11) is 0. The first-order valence-corrected chi connectivity index (χ1v) is 15.2. The van der Waals surface area contributed by atoms with Crippen LogP contribution in [0.4, 0.5) is 0 Å². The topological polar surface area (TPSA) is 73.1 Å². The van der Waals surface area contributed by atoms with E-state index >= 15 is 0 Å². The molecular formula is C35H39N3O4. The van der Waals surface area contributed by atoms with Crippen LogP contribution in [0.1, 0.15) is 73.0 Å². The summed E-state index contributed by atoms with van der Waals surface area (Å²) < 4.78 is 8.04. The van der Waals surface area contributed by atoms with Crippen molar-refractivity contribution in [3.05, 3.63) is 82.9 Å². The molecule has 1 unspecified atom stereocenters. The number of carbonyl (C=O) groups is 2. The average molecular weight is 566 g/mol. The van der Waals surface area contributed by atoms with Gasteiger partial charge in [0, 0.05) is 59.0 Å². The molecule has 1 atom stereocenters. The van der Waals surface area contributed by atoms with E-state index in [-0.39, 0.29) is 11.8 Å². The predicted molar refractivity (Wildman–Crippen MR) is 166 cm³/mol. The zero-order valence-electron chi connectivity index (χ0n) is 24.8. The fourth-order valence-corrected chi connectivity index (χ4v) is 6.60. The molecule has 7 heteroatoms. The molecule has 4 aromatic rings. The average Bonchev–Trinajstić information content (AvgIpc) is 3.33. The van der Waals surface area contributed by atoms with E-state index in [1.54, 1.807) is 0 Å². The van der Waals surface area contributed by atoms with Crippen molar-refractivity contribution in [2.75, 3.05) is 26.3 Å². The van der Waals surface area contributed by atoms with Gasteiger partial charge in [-0.05, 0) is 44.0 Å². The lowest BCUT2D eigenvalue weighted by atomic mass is 9.84. The fraction of sp³-hybridized carbons (Fsp3) is 0.400. The number of morpholine rings is 1. The summed E-state index contributed by atoms with van der Waals surface area (Å²) in [6.07, 6.45) is 4.43. The van der Waals surface area contributed by atoms with E-state index in [0.717, 1.165) is 83.0 Å². The maximum Gasteiger partial charge on any atom is 0.335 e. The minimum absolute atomic E-state index is 0.0215. The molecule has 3 aromatic carbocycles. The molecule has 42 heavy (non-hydrogen) atoms. The number of hydrogen-bond donors (Lipinski definition) is 0. The molecule has 1 aromatic heterocycles. The van der Waals surface area contributed by atoms with Gasteiger partial charge >= 0.3 is 5.97 Å². The first-order valence-electron chi connectivity index (χ1n) is 15.2. The van der Waals surface area contributed by atoms with E-state index < -0.39 is 5.54 Å². The Bertz CT molecular complexity index is 1680. The lowest BCUT2D eigenvalue weighted by Gasteiger charge is -2.46. The summed E-state index contributed by atoms with van der Waals surface area (Å²) in [5.41, 5.74) is 5.68. The summed E-state index contributed by atoms with van der Waals surface area (Å²) in [4.78, 5) is 34.3. The number of hydrogen-bond acceptors (Lipinski definition) is 6. The van der Waals surface area contributed by atoms with Gasteiger partial charge in [0.1, 0.15) is 5.71 Å². The minimum Gasteiger partial charge on any atom is -0.379 e. The van der Waals surface area contributed by atoms with Crippen LogP contribution in [0.25, 0.3) is 21.8 Å². The quantitative estimate of drug-likeness (QED) is 0.0983. The SMILES string of the molecule is CCCCCCC(=O)O/N=C1/c2cccc3c4cc(C(=O)c5ccccc5C)ccc4n(c23)CC1(C)N1CCOCC1. The zero-order valence-corrected chi connectivity index (χ0v) is 24.8. The van der Waals surface area contributed by atoms with Crippen LogP contribution in [0.2, 0.25) is 0 Å². The second-order valence-electron chi connectivity index (χ2n) is 11.8. The highest BCUT2D eigenvalue weighted by atomic mass is 16.7. The van der Waals surface area contributed by atoms with Gasteiger partial charge in [-0.25, -0.2) is 4.79 Å². The summed E-state index contributed by atoms with van der Waals surface area (Å²) in [6, 6.07) is 20.0. The van der Waals surface area contributed by atoms with Crippen molar-refractivity contribution in [2.24, 2.45) is 5.16 Å². The molecule has 0 spiro atoms. The summed E-state index contributed by atoms with van der Waals surface area (Å²) in [5, 5.41) is 6.71. The van der Waals surface area contributed by atoms with Crippen molar-refractivity contribution in [3.63, 3.8) is 0 Å². The van der Waals surface area contributed by atoms with Crippen molar-refractivity contribution >= 4 is 39.3 Å². The van der Waals surface area contributed by atoms with Crippen molar-refractivity contribution in [1.29, 1.82) is 0 Å². The van der Waals surface area contributed by atoms with Crippen LogP contribution in [0.3, 0.4) is 0 Å². The summed E-state index contributed by atoms with van der Waals surface area (Å²) >= 11 is 0. The van der Waals surface area contributed by atoms with Gasteiger partial charge in [0.25, 0.3) is 0 Å². The van der Waals surface area contributed by atoms with E-state index in [1.807, 2.05) is 49.4 Å². The van der Waals surface area contributed by atoms with Gasteiger partial charge in [0.15, 0.2) is 5.78 Å². The lowest BCUT2D eigenvalue weighted by molar-refractivity contribution is -0.143. The maximum absolute atomic E-state index is 13.5. The molecule has 1 fully saturated rings. The number of unbranched alkanes of at least 4 members (excludes halogenated alkanes) is 3. The molecule has 0 N–H and O–H groups in total. The third-order valence-corrected chi connectivity index (χ3v) is 8.95. The monoisotopic (exact) mass is 565 g/mol. The van der Waals surface area contributed by atoms with Gasteiger partial charge in [-0.3, -0.25) is 9.69 Å². The van der Waals surface area contributed by atoms with Crippen LogP contribution in [0.15, 0.2) is 65.8 Å². The standard InChI is InChI=1S/C35H39N3O4/c1-4-5-6-7-15-31(39)42-36-34-28-14-10-13-27-29-22-25(33(40)26-12-9-8-11-24(26)2)16-17-30(29)38(32(27)28)23-35(34,3)37-18-20-41-21-19-37/h8-14,16-17,22H,4-7,15,18-21,23H2,1-3H3/b36-34-. The molecule has 0 amide bonds. The Labute approximate surface area is 247 Å². The Morgan fingerprint density at radius 3 is 2.57 bits per heavy atom. The number of aromatic nitrogens is 1. The third kappa shape index (κ3) is 5.05. The molecule has 3 heterocycles. The van der Waals surface area contributed by atoms with Crippen molar-refractivity contribution < 1.29 is 19.2 Å². The number of para-hydroxylation sites is 1. The number of benzene rings is 3. The largest absolute Gasteiger partial charge is 0.379 e. The molecule has 1 saturated heterocycles. The van der Waals surface area contributed by atoms with Crippen molar-refractivity contribution in [1.82, 2.24) is 9.47 Å². The molecule has 2 aliphatic heterocycles. The lowest BCUT2D eigenvalue weighted by Crippen LogP contribution is -2.60. The molecule has 7 nitrogen and oxygen atoms in total. The summed E-state index contributed by atoms with van der Waals surface area (Å²) in [6.45, 7) is 9.78. The Morgan fingerprint density at radius 1 is 0.976 bits per heavy atom. The van der Waals surface area contributed by atoms with E-state index in [0.29, 0.717) is 31.7 Å². The van der Waals surface area contributed by atoms with E-state index in [1.165, 1.54) is 0 Å². The number of aryl methyl sites for hydroxylation is 1. The van der Waals surface area contributed by atoms with Crippen molar-refractivity contribution in [2.45, 2.75) is 65.0 Å². The number of ketones is 1. The Kier molecular flexibility index (Phi) is 7.97. The van der Waals surface area contributed by atoms with Crippen LogP contribution < -0.4 is 0 Å². The first kappa shape index (κ1) is 28.3. The van der Waals surface area contributed by atoms with Gasteiger partial charge in [0.05, 0.1) is 24.3 Å². The van der Waals surface area contributed by atoms with Crippen LogP contribution in [0, 0.1) is 6.92 Å². The smallest absolute Gasteiger partial charge is 0.335 e. The van der Waals surface area contributed by atoms with Gasteiger partial charge in [0.2, 0.25) is 0 Å². The Hall–Kier alpha value is -3.81. The molecule has 0 bridgehead atoms. The van der Waals surface area contributed by atoms with Crippen LogP contribution >= 0.6 is 0 Å². The molecule has 2 aliphatic rings. The van der Waals surface area contributed by atoms with Gasteiger partial charge < -0.3 is 14.1 Å². The number of oxime groups is 1. The first-order chi connectivity index (χ1) is 20.4.